The van der Waals surface area contributed by atoms with Gasteiger partial charge in [-0.2, -0.15) is 5.26 Å². The Bertz CT molecular complexity index is 612. The largest absolute Gasteiger partial charge is 0.478 e. The third kappa shape index (κ3) is 2.47. The molecule has 0 spiro atoms. The molecule has 2 aromatic carbocycles. The van der Waals surface area contributed by atoms with Crippen LogP contribution in [0.2, 0.25) is 0 Å². The molecule has 0 aliphatic heterocycles. The van der Waals surface area contributed by atoms with Crippen molar-refractivity contribution in [3.63, 3.8) is 0 Å². The number of carboxylic acids is 1. The Kier molecular flexibility index (Phi) is 3.26. The Balaban J connectivity index is 2.24. The van der Waals surface area contributed by atoms with Crippen molar-refractivity contribution in [2.24, 2.45) is 0 Å². The minimum absolute atomic E-state index is 0.191. The van der Waals surface area contributed by atoms with Crippen LogP contribution in [0.5, 0.6) is 11.5 Å². The monoisotopic (exact) mass is 239 g/mol. The van der Waals surface area contributed by atoms with Crippen LogP contribution >= 0.6 is 0 Å². The highest BCUT2D eigenvalue weighted by Gasteiger charge is 2.05. The lowest BCUT2D eigenvalue weighted by Gasteiger charge is -2.07. The van der Waals surface area contributed by atoms with Crippen LogP contribution < -0.4 is 4.74 Å². The first kappa shape index (κ1) is 11.7. The lowest BCUT2D eigenvalue weighted by atomic mass is 10.2. The molecule has 2 aromatic rings. The number of para-hydroxylation sites is 1. The maximum absolute atomic E-state index is 10.7. The molecule has 0 unspecified atom stereocenters. The van der Waals surface area contributed by atoms with E-state index in [-0.39, 0.29) is 5.56 Å². The number of hydrogen-bond acceptors (Lipinski definition) is 3. The van der Waals surface area contributed by atoms with Gasteiger partial charge in [0.25, 0.3) is 0 Å². The van der Waals surface area contributed by atoms with Crippen molar-refractivity contribution < 1.29 is 14.6 Å². The summed E-state index contributed by atoms with van der Waals surface area (Å²) in [6.45, 7) is 0. The van der Waals surface area contributed by atoms with Crippen LogP contribution in [0.25, 0.3) is 0 Å². The molecule has 0 aliphatic carbocycles. The molecular weight excluding hydrogens is 230 g/mol. The third-order valence-corrected chi connectivity index (χ3v) is 2.34. The number of nitrogens with zero attached hydrogens (tertiary/aromatic N) is 1. The minimum atomic E-state index is -0.987. The maximum atomic E-state index is 10.7. The van der Waals surface area contributed by atoms with Crippen LogP contribution in [0.3, 0.4) is 0 Å². The SMILES string of the molecule is N#Cc1ccccc1Oc1ccc(C(=O)O)cc1. The summed E-state index contributed by atoms with van der Waals surface area (Å²) < 4.78 is 5.52. The summed E-state index contributed by atoms with van der Waals surface area (Å²) in [6.07, 6.45) is 0. The second kappa shape index (κ2) is 5.02. The number of hydrogen-bond donors (Lipinski definition) is 1. The molecule has 0 amide bonds. The zero-order chi connectivity index (χ0) is 13.0. The van der Waals surface area contributed by atoms with E-state index in [1.807, 2.05) is 6.07 Å². The van der Waals surface area contributed by atoms with Gasteiger partial charge in [0.1, 0.15) is 17.6 Å². The van der Waals surface area contributed by atoms with Gasteiger partial charge in [0.05, 0.1) is 11.1 Å². The fourth-order valence-electron chi connectivity index (χ4n) is 1.44. The fourth-order valence-corrected chi connectivity index (χ4v) is 1.44. The first-order chi connectivity index (χ1) is 8.70. The number of rotatable bonds is 3. The Hall–Kier alpha value is -2.80. The molecule has 88 valence electrons. The van der Waals surface area contributed by atoms with Crippen molar-refractivity contribution in [3.8, 4) is 17.6 Å². The summed E-state index contributed by atoms with van der Waals surface area (Å²) >= 11 is 0. The standard InChI is InChI=1S/C14H9NO3/c15-9-11-3-1-2-4-13(11)18-12-7-5-10(6-8-12)14(16)17/h1-8H,(H,16,17). The normalized spacial score (nSPS) is 9.50. The smallest absolute Gasteiger partial charge is 0.335 e. The van der Waals surface area contributed by atoms with E-state index in [1.165, 1.54) is 12.1 Å². The number of carbonyl (C=O) groups is 1. The van der Waals surface area contributed by atoms with E-state index in [2.05, 4.69) is 0 Å². The molecule has 0 radical (unpaired) electrons. The van der Waals surface area contributed by atoms with Gasteiger partial charge in [-0.3, -0.25) is 0 Å². The Morgan fingerprint density at radius 2 is 1.78 bits per heavy atom. The zero-order valence-corrected chi connectivity index (χ0v) is 9.33. The fraction of sp³-hybridized carbons (Fsp3) is 0. The van der Waals surface area contributed by atoms with E-state index in [0.717, 1.165) is 0 Å². The maximum Gasteiger partial charge on any atom is 0.335 e. The van der Waals surface area contributed by atoms with E-state index < -0.39 is 5.97 Å². The van der Waals surface area contributed by atoms with Crippen LogP contribution in [0.4, 0.5) is 0 Å². The lowest BCUT2D eigenvalue weighted by molar-refractivity contribution is 0.0697. The van der Waals surface area contributed by atoms with E-state index in [0.29, 0.717) is 17.1 Å². The van der Waals surface area contributed by atoms with Crippen LogP contribution in [-0.2, 0) is 0 Å². The highest BCUT2D eigenvalue weighted by atomic mass is 16.5. The predicted octanol–water partition coefficient (Wildman–Crippen LogP) is 3.05. The molecule has 0 aliphatic rings. The average Bonchev–Trinajstić information content (AvgIpc) is 2.40. The molecule has 0 saturated carbocycles. The van der Waals surface area contributed by atoms with Crippen LogP contribution in [-0.4, -0.2) is 11.1 Å². The van der Waals surface area contributed by atoms with Crippen molar-refractivity contribution in [1.29, 1.82) is 5.26 Å². The van der Waals surface area contributed by atoms with Gasteiger partial charge in [0, 0.05) is 0 Å². The van der Waals surface area contributed by atoms with E-state index in [9.17, 15) is 4.79 Å². The van der Waals surface area contributed by atoms with Gasteiger partial charge < -0.3 is 9.84 Å². The van der Waals surface area contributed by atoms with Gasteiger partial charge in [-0.1, -0.05) is 12.1 Å². The molecule has 18 heavy (non-hydrogen) atoms. The molecule has 0 bridgehead atoms. The molecule has 0 fully saturated rings. The van der Waals surface area contributed by atoms with Gasteiger partial charge >= 0.3 is 5.97 Å². The topological polar surface area (TPSA) is 70.3 Å². The second-order valence-corrected chi connectivity index (χ2v) is 3.54. The number of ether oxygens (including phenoxy) is 1. The summed E-state index contributed by atoms with van der Waals surface area (Å²) in [7, 11) is 0. The molecule has 0 heterocycles. The number of carboxylic acid groups (broad SMARTS) is 1. The molecule has 0 atom stereocenters. The van der Waals surface area contributed by atoms with Gasteiger partial charge in [-0.15, -0.1) is 0 Å². The van der Waals surface area contributed by atoms with Crippen molar-refractivity contribution in [2.45, 2.75) is 0 Å². The van der Waals surface area contributed by atoms with Crippen LogP contribution in [0.1, 0.15) is 15.9 Å². The molecule has 4 heteroatoms. The van der Waals surface area contributed by atoms with E-state index >= 15 is 0 Å². The van der Waals surface area contributed by atoms with Crippen LogP contribution in [0, 0.1) is 11.3 Å². The van der Waals surface area contributed by atoms with Crippen molar-refractivity contribution in [1.82, 2.24) is 0 Å². The van der Waals surface area contributed by atoms with Gasteiger partial charge in [-0.25, -0.2) is 4.79 Å². The molecular formula is C14H9NO3. The quantitative estimate of drug-likeness (QED) is 0.893. The Morgan fingerprint density at radius 3 is 2.39 bits per heavy atom. The van der Waals surface area contributed by atoms with Crippen molar-refractivity contribution in [2.75, 3.05) is 0 Å². The second-order valence-electron chi connectivity index (χ2n) is 3.54. The van der Waals surface area contributed by atoms with Gasteiger partial charge in [0.15, 0.2) is 0 Å². The first-order valence-corrected chi connectivity index (χ1v) is 5.21. The molecule has 0 saturated heterocycles. The van der Waals surface area contributed by atoms with E-state index in [4.69, 9.17) is 15.1 Å². The average molecular weight is 239 g/mol. The summed E-state index contributed by atoms with van der Waals surface area (Å²) in [4.78, 5) is 10.7. The van der Waals surface area contributed by atoms with Crippen molar-refractivity contribution >= 4 is 5.97 Å². The zero-order valence-electron chi connectivity index (χ0n) is 9.33. The number of nitriles is 1. The number of aromatic carboxylic acids is 1. The Morgan fingerprint density at radius 1 is 1.11 bits per heavy atom. The van der Waals surface area contributed by atoms with Gasteiger partial charge in [0.2, 0.25) is 0 Å². The molecule has 1 N–H and O–H groups in total. The predicted molar refractivity (Wildman–Crippen MR) is 64.6 cm³/mol. The third-order valence-electron chi connectivity index (χ3n) is 2.34. The highest BCUT2D eigenvalue weighted by molar-refractivity contribution is 5.87. The molecule has 0 aromatic heterocycles. The minimum Gasteiger partial charge on any atom is -0.478 e. The van der Waals surface area contributed by atoms with Crippen LogP contribution in [0.15, 0.2) is 48.5 Å². The molecule has 2 rings (SSSR count). The summed E-state index contributed by atoms with van der Waals surface area (Å²) in [5, 5.41) is 17.7. The Labute approximate surface area is 104 Å². The first-order valence-electron chi connectivity index (χ1n) is 5.21. The summed E-state index contributed by atoms with van der Waals surface area (Å²) in [5.74, 6) is -0.0512. The summed E-state index contributed by atoms with van der Waals surface area (Å²) in [5.41, 5.74) is 0.621. The van der Waals surface area contributed by atoms with Gasteiger partial charge in [-0.05, 0) is 36.4 Å². The molecule has 4 nitrogen and oxygen atoms in total. The number of benzene rings is 2. The lowest BCUT2D eigenvalue weighted by Crippen LogP contribution is -1.95. The highest BCUT2D eigenvalue weighted by Crippen LogP contribution is 2.24. The summed E-state index contributed by atoms with van der Waals surface area (Å²) in [6, 6.07) is 14.9. The van der Waals surface area contributed by atoms with Crippen molar-refractivity contribution in [3.05, 3.63) is 59.7 Å². The van der Waals surface area contributed by atoms with E-state index in [1.54, 1.807) is 36.4 Å².